The van der Waals surface area contributed by atoms with Crippen LogP contribution in [-0.2, 0) is 19.1 Å². The van der Waals surface area contributed by atoms with Crippen LogP contribution in [0.1, 0.15) is 13.3 Å². The lowest BCUT2D eigenvalue weighted by molar-refractivity contribution is -0.140. The average Bonchev–Trinajstić information content (AvgIpc) is 2.21. The van der Waals surface area contributed by atoms with E-state index in [-0.39, 0.29) is 6.61 Å². The highest BCUT2D eigenvalue weighted by Gasteiger charge is 2.01. The zero-order valence-electron chi connectivity index (χ0n) is 8.82. The van der Waals surface area contributed by atoms with Crippen LogP contribution in [0.2, 0.25) is 0 Å². The second kappa shape index (κ2) is 9.12. The van der Waals surface area contributed by atoms with Gasteiger partial charge in [0.25, 0.3) is 0 Å². The van der Waals surface area contributed by atoms with Crippen molar-refractivity contribution in [2.45, 2.75) is 13.3 Å². The molecule has 0 amide bonds. The van der Waals surface area contributed by atoms with Gasteiger partial charge >= 0.3 is 5.97 Å². The zero-order valence-corrected chi connectivity index (χ0v) is 8.82. The fraction of sp³-hybridized carbons (Fsp3) is 0.600. The molecule has 0 aromatic carbocycles. The Bertz CT molecular complexity index is 256. The van der Waals surface area contributed by atoms with Gasteiger partial charge in [-0.05, 0) is 13.3 Å². The zero-order chi connectivity index (χ0) is 11.5. The van der Waals surface area contributed by atoms with Crippen molar-refractivity contribution in [3.05, 3.63) is 12.2 Å². The van der Waals surface area contributed by atoms with E-state index in [0.717, 1.165) is 0 Å². The van der Waals surface area contributed by atoms with Gasteiger partial charge in [0.1, 0.15) is 6.61 Å². The monoisotopic (exact) mass is 213 g/mol. The minimum absolute atomic E-state index is 0.211. The average molecular weight is 213 g/mol. The number of ether oxygens (including phenoxy) is 2. The molecule has 0 radical (unpaired) electrons. The Balaban J connectivity index is 3.21. The summed E-state index contributed by atoms with van der Waals surface area (Å²) in [5.74, 6) is -0.413. The number of nitrogens with zero attached hydrogens (tertiary/aromatic N) is 1. The Morgan fingerprint density at radius 2 is 2.13 bits per heavy atom. The molecule has 0 spiro atoms. The molecule has 0 atom stereocenters. The summed E-state index contributed by atoms with van der Waals surface area (Å²) in [4.78, 5) is 23.9. The molecule has 0 unspecified atom stereocenters. The first-order valence-electron chi connectivity index (χ1n) is 4.62. The molecule has 0 N–H and O–H groups in total. The van der Waals surface area contributed by atoms with Gasteiger partial charge in [0.2, 0.25) is 6.08 Å². The van der Waals surface area contributed by atoms with Crippen molar-refractivity contribution < 1.29 is 19.1 Å². The maximum absolute atomic E-state index is 10.9. The second-order valence-corrected chi connectivity index (χ2v) is 2.86. The molecule has 0 bridgehead atoms. The smallest absolute Gasteiger partial charge is 0.333 e. The molecule has 0 saturated carbocycles. The molecule has 0 aromatic rings. The van der Waals surface area contributed by atoms with E-state index in [1.807, 2.05) is 0 Å². The van der Waals surface area contributed by atoms with Crippen molar-refractivity contribution >= 4 is 12.0 Å². The van der Waals surface area contributed by atoms with Gasteiger partial charge < -0.3 is 9.47 Å². The van der Waals surface area contributed by atoms with Gasteiger partial charge in [0, 0.05) is 12.2 Å². The van der Waals surface area contributed by atoms with Crippen LogP contribution in [0.5, 0.6) is 0 Å². The van der Waals surface area contributed by atoms with Gasteiger partial charge in [0.05, 0.1) is 13.2 Å². The Morgan fingerprint density at radius 3 is 2.73 bits per heavy atom. The highest BCUT2D eigenvalue weighted by molar-refractivity contribution is 5.86. The van der Waals surface area contributed by atoms with E-state index in [0.29, 0.717) is 31.8 Å². The maximum Gasteiger partial charge on any atom is 0.333 e. The maximum atomic E-state index is 10.9. The quantitative estimate of drug-likeness (QED) is 0.197. The molecule has 5 nitrogen and oxygen atoms in total. The highest BCUT2D eigenvalue weighted by atomic mass is 16.6. The number of aliphatic imine (C=N–C) groups is 1. The number of carbonyl (C=O) groups is 1. The van der Waals surface area contributed by atoms with E-state index >= 15 is 0 Å². The molecular formula is C10H15NO4. The number of hydrogen-bond donors (Lipinski definition) is 0. The largest absolute Gasteiger partial charge is 0.460 e. The van der Waals surface area contributed by atoms with Crippen molar-refractivity contribution in [3.8, 4) is 0 Å². The number of esters is 1. The molecule has 84 valence electrons. The van der Waals surface area contributed by atoms with E-state index in [4.69, 9.17) is 9.47 Å². The first-order valence-corrected chi connectivity index (χ1v) is 4.62. The Hall–Kier alpha value is -1.45. The first-order chi connectivity index (χ1) is 7.18. The van der Waals surface area contributed by atoms with Crippen LogP contribution in [0.3, 0.4) is 0 Å². The molecule has 0 heterocycles. The topological polar surface area (TPSA) is 65.0 Å². The first kappa shape index (κ1) is 13.5. The van der Waals surface area contributed by atoms with Crippen LogP contribution in [0.15, 0.2) is 17.1 Å². The number of isocyanates is 1. The van der Waals surface area contributed by atoms with E-state index < -0.39 is 5.97 Å². The normalized spacial score (nSPS) is 9.13. The lowest BCUT2D eigenvalue weighted by Crippen LogP contribution is -2.11. The van der Waals surface area contributed by atoms with E-state index in [1.165, 1.54) is 6.08 Å². The molecule has 15 heavy (non-hydrogen) atoms. The summed E-state index contributed by atoms with van der Waals surface area (Å²) in [6, 6.07) is 0. The summed E-state index contributed by atoms with van der Waals surface area (Å²) in [6.07, 6.45) is 2.09. The molecule has 0 aliphatic heterocycles. The van der Waals surface area contributed by atoms with Crippen LogP contribution in [0.4, 0.5) is 0 Å². The molecule has 0 aliphatic carbocycles. The Morgan fingerprint density at radius 1 is 1.40 bits per heavy atom. The minimum Gasteiger partial charge on any atom is -0.460 e. The van der Waals surface area contributed by atoms with Gasteiger partial charge in [-0.25, -0.2) is 14.6 Å². The molecule has 0 saturated heterocycles. The van der Waals surface area contributed by atoms with Gasteiger partial charge in [-0.15, -0.1) is 0 Å². The van der Waals surface area contributed by atoms with Crippen molar-refractivity contribution in [2.24, 2.45) is 4.99 Å². The molecular weight excluding hydrogens is 198 g/mol. The Labute approximate surface area is 88.8 Å². The third-order valence-electron chi connectivity index (χ3n) is 1.43. The van der Waals surface area contributed by atoms with Gasteiger partial charge in [-0.1, -0.05) is 6.58 Å². The third kappa shape index (κ3) is 8.87. The predicted octanol–water partition coefficient (Wildman–Crippen LogP) is 0.848. The van der Waals surface area contributed by atoms with Gasteiger partial charge in [-0.3, -0.25) is 0 Å². The van der Waals surface area contributed by atoms with Crippen molar-refractivity contribution in [1.29, 1.82) is 0 Å². The fourth-order valence-electron chi connectivity index (χ4n) is 0.710. The molecule has 0 fully saturated rings. The molecule has 0 aliphatic rings. The highest BCUT2D eigenvalue weighted by Crippen LogP contribution is 1.92. The van der Waals surface area contributed by atoms with Crippen LogP contribution < -0.4 is 0 Å². The van der Waals surface area contributed by atoms with Crippen LogP contribution in [0, 0.1) is 0 Å². The summed E-state index contributed by atoms with van der Waals surface area (Å²) < 4.78 is 9.90. The lowest BCUT2D eigenvalue weighted by Gasteiger charge is -2.04. The van der Waals surface area contributed by atoms with Gasteiger partial charge in [0.15, 0.2) is 0 Å². The molecule has 0 rings (SSSR count). The number of rotatable bonds is 8. The van der Waals surface area contributed by atoms with Gasteiger partial charge in [-0.2, -0.15) is 0 Å². The summed E-state index contributed by atoms with van der Waals surface area (Å²) >= 11 is 0. The van der Waals surface area contributed by atoms with Crippen molar-refractivity contribution in [1.82, 2.24) is 0 Å². The van der Waals surface area contributed by atoms with E-state index in [9.17, 15) is 9.59 Å². The third-order valence-corrected chi connectivity index (χ3v) is 1.43. The van der Waals surface area contributed by atoms with Crippen molar-refractivity contribution in [2.75, 3.05) is 26.4 Å². The molecule has 0 aromatic heterocycles. The SMILES string of the molecule is C=C(C)C(=O)OCCOCCCN=C=O. The lowest BCUT2D eigenvalue weighted by atomic mass is 10.4. The summed E-state index contributed by atoms with van der Waals surface area (Å²) in [6.45, 7) is 6.47. The summed E-state index contributed by atoms with van der Waals surface area (Å²) in [5.41, 5.74) is 0.371. The van der Waals surface area contributed by atoms with Crippen LogP contribution in [-0.4, -0.2) is 38.4 Å². The predicted molar refractivity (Wildman–Crippen MR) is 54.2 cm³/mol. The number of carbonyl (C=O) groups excluding carboxylic acids is 2. The van der Waals surface area contributed by atoms with E-state index in [1.54, 1.807) is 6.92 Å². The van der Waals surface area contributed by atoms with Crippen molar-refractivity contribution in [3.63, 3.8) is 0 Å². The molecule has 5 heteroatoms. The summed E-state index contributed by atoms with van der Waals surface area (Å²) in [5, 5.41) is 0. The fourth-order valence-corrected chi connectivity index (χ4v) is 0.710. The van der Waals surface area contributed by atoms with E-state index in [2.05, 4.69) is 11.6 Å². The standard InChI is InChI=1S/C10H15NO4/c1-9(2)10(13)15-7-6-14-5-3-4-11-8-12/h1,3-7H2,2H3. The minimum atomic E-state index is -0.413. The number of hydrogen-bond acceptors (Lipinski definition) is 5. The van der Waals surface area contributed by atoms with Crippen LogP contribution in [0.25, 0.3) is 0 Å². The van der Waals surface area contributed by atoms with Crippen LogP contribution >= 0.6 is 0 Å². The second-order valence-electron chi connectivity index (χ2n) is 2.86. The summed E-state index contributed by atoms with van der Waals surface area (Å²) in [7, 11) is 0. The Kier molecular flexibility index (Phi) is 8.24.